The highest BCUT2D eigenvalue weighted by molar-refractivity contribution is 6.30. The molecule has 2 aromatic heterocycles. The van der Waals surface area contributed by atoms with Gasteiger partial charge >= 0.3 is 0 Å². The second-order valence-electron chi connectivity index (χ2n) is 7.33. The first-order valence-corrected chi connectivity index (χ1v) is 10.3. The zero-order valence-corrected chi connectivity index (χ0v) is 17.5. The van der Waals surface area contributed by atoms with E-state index in [0.717, 1.165) is 28.2 Å². The SMILES string of the molecule is CC(=O)N1N=C(c2ccco2)C[C@H]1c1cn(-c2ccccc2)nc1-c1cccc(Cl)c1. The molecule has 2 aromatic carbocycles. The molecule has 1 amide bonds. The maximum atomic E-state index is 12.5. The van der Waals surface area contributed by atoms with Crippen LogP contribution in [0.4, 0.5) is 0 Å². The van der Waals surface area contributed by atoms with Crippen molar-refractivity contribution >= 4 is 23.2 Å². The highest BCUT2D eigenvalue weighted by atomic mass is 35.5. The molecule has 6 nitrogen and oxygen atoms in total. The van der Waals surface area contributed by atoms with Crippen LogP contribution in [0.1, 0.15) is 30.7 Å². The number of amides is 1. The number of para-hydroxylation sites is 1. The molecule has 0 saturated heterocycles. The summed E-state index contributed by atoms with van der Waals surface area (Å²) in [7, 11) is 0. The lowest BCUT2D eigenvalue weighted by Gasteiger charge is -2.20. The smallest absolute Gasteiger partial charge is 0.240 e. The van der Waals surface area contributed by atoms with Gasteiger partial charge in [0.2, 0.25) is 5.91 Å². The van der Waals surface area contributed by atoms with Crippen LogP contribution in [0.25, 0.3) is 16.9 Å². The van der Waals surface area contributed by atoms with Gasteiger partial charge in [0.05, 0.1) is 23.7 Å². The molecule has 0 aliphatic carbocycles. The Morgan fingerprint density at radius 2 is 1.94 bits per heavy atom. The Kier molecular flexibility index (Phi) is 4.92. The first kappa shape index (κ1) is 19.3. The molecule has 31 heavy (non-hydrogen) atoms. The average Bonchev–Trinajstić information content (AvgIpc) is 3.53. The van der Waals surface area contributed by atoms with E-state index in [2.05, 4.69) is 5.10 Å². The fourth-order valence-electron chi connectivity index (χ4n) is 3.84. The third kappa shape index (κ3) is 3.66. The van der Waals surface area contributed by atoms with Crippen LogP contribution in [0.15, 0.2) is 88.7 Å². The molecule has 0 spiro atoms. The summed E-state index contributed by atoms with van der Waals surface area (Å²) in [5, 5.41) is 11.6. The number of nitrogens with zero attached hydrogens (tertiary/aromatic N) is 4. The Hall–Kier alpha value is -3.64. The first-order valence-electron chi connectivity index (χ1n) is 9.92. The van der Waals surface area contributed by atoms with Gasteiger partial charge in [0.1, 0.15) is 11.5 Å². The average molecular weight is 431 g/mol. The van der Waals surface area contributed by atoms with Crippen molar-refractivity contribution in [3.05, 3.63) is 95.5 Å². The summed E-state index contributed by atoms with van der Waals surface area (Å²) in [6, 6.07) is 20.8. The van der Waals surface area contributed by atoms with Crippen molar-refractivity contribution in [2.45, 2.75) is 19.4 Å². The number of benzene rings is 2. The summed E-state index contributed by atoms with van der Waals surface area (Å²) in [6.45, 7) is 1.52. The van der Waals surface area contributed by atoms with Crippen molar-refractivity contribution in [3.63, 3.8) is 0 Å². The molecule has 0 unspecified atom stereocenters. The molecule has 3 heterocycles. The molecule has 1 atom stereocenters. The van der Waals surface area contributed by atoms with Crippen molar-refractivity contribution in [1.29, 1.82) is 0 Å². The maximum Gasteiger partial charge on any atom is 0.240 e. The van der Waals surface area contributed by atoms with Crippen LogP contribution in [-0.4, -0.2) is 26.4 Å². The number of aromatic nitrogens is 2. The van der Waals surface area contributed by atoms with Gasteiger partial charge in [0, 0.05) is 35.7 Å². The van der Waals surface area contributed by atoms with E-state index in [4.69, 9.17) is 21.1 Å². The molecule has 0 bridgehead atoms. The van der Waals surface area contributed by atoms with Crippen LogP contribution in [0.3, 0.4) is 0 Å². The van der Waals surface area contributed by atoms with Crippen LogP contribution in [0.2, 0.25) is 5.02 Å². The normalized spacial score (nSPS) is 15.9. The second kappa shape index (κ2) is 7.89. The van der Waals surface area contributed by atoms with Crippen molar-refractivity contribution in [3.8, 4) is 16.9 Å². The predicted molar refractivity (Wildman–Crippen MR) is 119 cm³/mol. The Labute approximate surface area is 184 Å². The van der Waals surface area contributed by atoms with Gasteiger partial charge in [-0.05, 0) is 36.4 Å². The minimum atomic E-state index is -0.302. The molecule has 0 fully saturated rings. The van der Waals surface area contributed by atoms with E-state index in [9.17, 15) is 4.79 Å². The fraction of sp³-hybridized carbons (Fsp3) is 0.125. The van der Waals surface area contributed by atoms with E-state index in [1.807, 2.05) is 77.6 Å². The van der Waals surface area contributed by atoms with Gasteiger partial charge < -0.3 is 4.42 Å². The largest absolute Gasteiger partial charge is 0.463 e. The Balaban J connectivity index is 1.63. The number of hydrogen-bond donors (Lipinski definition) is 0. The summed E-state index contributed by atoms with van der Waals surface area (Å²) >= 11 is 6.27. The molecule has 7 heteroatoms. The Morgan fingerprint density at radius 1 is 1.10 bits per heavy atom. The topological polar surface area (TPSA) is 63.6 Å². The van der Waals surface area contributed by atoms with Crippen molar-refractivity contribution in [1.82, 2.24) is 14.8 Å². The van der Waals surface area contributed by atoms with Crippen LogP contribution in [-0.2, 0) is 4.79 Å². The summed E-state index contributed by atoms with van der Waals surface area (Å²) in [5.41, 5.74) is 4.20. The zero-order valence-electron chi connectivity index (χ0n) is 16.8. The van der Waals surface area contributed by atoms with Gasteiger partial charge in [0.25, 0.3) is 0 Å². The van der Waals surface area contributed by atoms with E-state index in [1.54, 1.807) is 6.26 Å². The molecule has 1 aliphatic rings. The van der Waals surface area contributed by atoms with Crippen LogP contribution in [0, 0.1) is 0 Å². The van der Waals surface area contributed by atoms with Gasteiger partial charge in [-0.1, -0.05) is 41.9 Å². The molecule has 154 valence electrons. The van der Waals surface area contributed by atoms with Gasteiger partial charge in [-0.2, -0.15) is 10.2 Å². The molecule has 1 aliphatic heterocycles. The standard InChI is InChI=1S/C24H19ClN4O2/c1-16(30)29-22(14-21(26-29)23-11-6-12-31-23)20-15-28(19-9-3-2-4-10-19)27-24(20)17-7-5-8-18(25)13-17/h2-13,15,22H,14H2,1H3/t22-/m0/s1. The first-order chi connectivity index (χ1) is 15.1. The summed E-state index contributed by atoms with van der Waals surface area (Å²) in [4.78, 5) is 12.5. The number of hydrazone groups is 1. The molecule has 0 saturated carbocycles. The third-order valence-electron chi connectivity index (χ3n) is 5.26. The van der Waals surface area contributed by atoms with Gasteiger partial charge in [-0.15, -0.1) is 0 Å². The van der Waals surface area contributed by atoms with Gasteiger partial charge in [-0.3, -0.25) is 4.79 Å². The van der Waals surface area contributed by atoms with E-state index in [1.165, 1.54) is 11.9 Å². The van der Waals surface area contributed by atoms with Gasteiger partial charge in [-0.25, -0.2) is 9.69 Å². The lowest BCUT2D eigenvalue weighted by molar-refractivity contribution is -0.130. The Bertz CT molecular complexity index is 1260. The minimum Gasteiger partial charge on any atom is -0.463 e. The van der Waals surface area contributed by atoms with E-state index in [0.29, 0.717) is 17.2 Å². The van der Waals surface area contributed by atoms with Crippen LogP contribution in [0.5, 0.6) is 0 Å². The molecule has 4 aromatic rings. The van der Waals surface area contributed by atoms with Gasteiger partial charge in [0.15, 0.2) is 0 Å². The Morgan fingerprint density at radius 3 is 2.65 bits per heavy atom. The highest BCUT2D eigenvalue weighted by Crippen LogP contribution is 2.38. The van der Waals surface area contributed by atoms with E-state index in [-0.39, 0.29) is 11.9 Å². The quantitative estimate of drug-likeness (QED) is 0.430. The number of furan rings is 1. The number of carbonyl (C=O) groups excluding carboxylic acids is 1. The summed E-state index contributed by atoms with van der Waals surface area (Å²) in [6.07, 6.45) is 4.10. The monoisotopic (exact) mass is 430 g/mol. The maximum absolute atomic E-state index is 12.5. The molecule has 0 radical (unpaired) electrons. The number of halogens is 1. The van der Waals surface area contributed by atoms with Crippen molar-refractivity contribution < 1.29 is 9.21 Å². The molecule has 0 N–H and O–H groups in total. The number of hydrogen-bond acceptors (Lipinski definition) is 4. The lowest BCUT2D eigenvalue weighted by Crippen LogP contribution is -2.24. The number of carbonyl (C=O) groups is 1. The molecular formula is C24H19ClN4O2. The highest BCUT2D eigenvalue weighted by Gasteiger charge is 2.35. The molecular weight excluding hydrogens is 412 g/mol. The van der Waals surface area contributed by atoms with Crippen molar-refractivity contribution in [2.24, 2.45) is 5.10 Å². The van der Waals surface area contributed by atoms with Crippen LogP contribution < -0.4 is 0 Å². The minimum absolute atomic E-state index is 0.143. The van der Waals surface area contributed by atoms with E-state index >= 15 is 0 Å². The predicted octanol–water partition coefficient (Wildman–Crippen LogP) is 5.48. The zero-order chi connectivity index (χ0) is 21.4. The van der Waals surface area contributed by atoms with Crippen molar-refractivity contribution in [2.75, 3.05) is 0 Å². The summed E-state index contributed by atoms with van der Waals surface area (Å²) < 4.78 is 7.36. The fourth-order valence-corrected chi connectivity index (χ4v) is 4.03. The summed E-state index contributed by atoms with van der Waals surface area (Å²) in [5.74, 6) is 0.518. The molecule has 5 rings (SSSR count). The number of rotatable bonds is 4. The lowest BCUT2D eigenvalue weighted by atomic mass is 9.98. The van der Waals surface area contributed by atoms with E-state index < -0.39 is 0 Å². The second-order valence-corrected chi connectivity index (χ2v) is 7.77. The third-order valence-corrected chi connectivity index (χ3v) is 5.49. The van der Waals surface area contributed by atoms with Crippen LogP contribution >= 0.6 is 11.6 Å².